The molecule has 6 heteroatoms. The molecule has 2 aromatic carbocycles. The molecule has 1 aliphatic heterocycles. The summed E-state index contributed by atoms with van der Waals surface area (Å²) in [6.07, 6.45) is 11.3. The summed E-state index contributed by atoms with van der Waals surface area (Å²) in [5, 5.41) is 9.52. The quantitative estimate of drug-likeness (QED) is 0.170. The molecule has 0 spiro atoms. The van der Waals surface area contributed by atoms with E-state index >= 15 is 0 Å². The number of hydrogen-bond donors (Lipinski definition) is 0. The smallest absolute Gasteiger partial charge is 0.270 e. The van der Waals surface area contributed by atoms with Gasteiger partial charge in [0.05, 0.1) is 22.4 Å². The Kier molecular flexibility index (Phi) is 9.91. The number of fused-ring (bicyclic) bond motifs is 1. The molecular formula is C30H35N3O2S. The third kappa shape index (κ3) is 6.25. The van der Waals surface area contributed by atoms with Gasteiger partial charge in [0.1, 0.15) is 0 Å². The van der Waals surface area contributed by atoms with Crippen molar-refractivity contribution in [3.05, 3.63) is 81.7 Å². The standard InChI is InChI=1S/C30H35N3O2S/c1-4-6-8-12-20-33(21-13-9-7-5-2)25-18-16-24(17-19-25)22-29-30(27(23-31)32-3)26-14-10-11-15-28(26)36(29,34)35/h10-11,14-19,22H,4-9,12-13,20-21H2,1-2H3/b29-22?,30-27+. The highest BCUT2D eigenvalue weighted by Gasteiger charge is 2.37. The summed E-state index contributed by atoms with van der Waals surface area (Å²) in [5.41, 5.74) is 2.26. The monoisotopic (exact) mass is 501 g/mol. The second-order valence-corrected chi connectivity index (χ2v) is 11.0. The van der Waals surface area contributed by atoms with E-state index in [9.17, 15) is 13.7 Å². The molecule has 0 amide bonds. The van der Waals surface area contributed by atoms with Crippen LogP contribution in [0.3, 0.4) is 0 Å². The normalized spacial score (nSPS) is 16.3. The molecule has 3 rings (SSSR count). The Morgan fingerprint density at radius 3 is 2.11 bits per heavy atom. The summed E-state index contributed by atoms with van der Waals surface area (Å²) in [4.78, 5) is 5.91. The Bertz CT molecular complexity index is 1260. The van der Waals surface area contributed by atoms with Gasteiger partial charge in [-0.25, -0.2) is 18.5 Å². The Labute approximate surface area is 216 Å². The molecule has 5 nitrogen and oxygen atoms in total. The summed E-state index contributed by atoms with van der Waals surface area (Å²) in [5.74, 6) is 0. The maximum Gasteiger partial charge on any atom is 0.270 e. The second kappa shape index (κ2) is 13.1. The topological polar surface area (TPSA) is 65.5 Å². The summed E-state index contributed by atoms with van der Waals surface area (Å²) in [6, 6.07) is 16.4. The van der Waals surface area contributed by atoms with Gasteiger partial charge in [0.15, 0.2) is 0 Å². The lowest BCUT2D eigenvalue weighted by atomic mass is 10.0. The van der Waals surface area contributed by atoms with Gasteiger partial charge < -0.3 is 4.90 Å². The van der Waals surface area contributed by atoms with E-state index in [4.69, 9.17) is 6.57 Å². The number of allylic oxidation sites excluding steroid dienone is 2. The molecule has 0 saturated carbocycles. The molecule has 0 N–H and O–H groups in total. The number of anilines is 1. The molecule has 0 atom stereocenters. The molecule has 0 aromatic heterocycles. The lowest BCUT2D eigenvalue weighted by Gasteiger charge is -2.25. The molecule has 1 heterocycles. The van der Waals surface area contributed by atoms with E-state index in [-0.39, 0.29) is 21.1 Å². The lowest BCUT2D eigenvalue weighted by Crippen LogP contribution is -2.25. The van der Waals surface area contributed by atoms with Gasteiger partial charge >= 0.3 is 0 Å². The number of hydrogen-bond acceptors (Lipinski definition) is 4. The number of rotatable bonds is 12. The van der Waals surface area contributed by atoms with Crippen LogP contribution in [0.25, 0.3) is 16.5 Å². The number of nitriles is 1. The number of benzene rings is 2. The van der Waals surface area contributed by atoms with Gasteiger partial charge in [0.25, 0.3) is 5.70 Å². The molecule has 0 radical (unpaired) electrons. The zero-order valence-electron chi connectivity index (χ0n) is 21.3. The molecule has 188 valence electrons. The zero-order valence-corrected chi connectivity index (χ0v) is 22.2. The fourth-order valence-electron chi connectivity index (χ4n) is 4.59. The summed E-state index contributed by atoms with van der Waals surface area (Å²) in [7, 11) is -3.82. The van der Waals surface area contributed by atoms with Gasteiger partial charge in [-0.05, 0) is 48.2 Å². The summed E-state index contributed by atoms with van der Waals surface area (Å²) in [6.45, 7) is 13.9. The average molecular weight is 502 g/mol. The van der Waals surface area contributed by atoms with Crippen LogP contribution in [0.15, 0.2) is 64.0 Å². The number of sulfone groups is 1. The first-order valence-corrected chi connectivity index (χ1v) is 14.4. The Morgan fingerprint density at radius 1 is 0.944 bits per heavy atom. The van der Waals surface area contributed by atoms with Crippen molar-refractivity contribution in [2.45, 2.75) is 70.1 Å². The Hall–Kier alpha value is -3.35. The van der Waals surface area contributed by atoms with Crippen LogP contribution in [0.1, 0.15) is 76.3 Å². The first kappa shape index (κ1) is 27.2. The van der Waals surface area contributed by atoms with Crippen LogP contribution < -0.4 is 4.90 Å². The van der Waals surface area contributed by atoms with Crippen LogP contribution >= 0.6 is 0 Å². The highest BCUT2D eigenvalue weighted by Crippen LogP contribution is 2.45. The average Bonchev–Trinajstić information content (AvgIpc) is 3.11. The molecule has 0 bridgehead atoms. The highest BCUT2D eigenvalue weighted by molar-refractivity contribution is 7.96. The van der Waals surface area contributed by atoms with E-state index in [1.165, 1.54) is 44.6 Å². The summed E-state index contributed by atoms with van der Waals surface area (Å²) >= 11 is 0. The van der Waals surface area contributed by atoms with E-state index in [0.717, 1.165) is 37.2 Å². The molecule has 0 unspecified atom stereocenters. The van der Waals surface area contributed by atoms with Gasteiger partial charge in [0, 0.05) is 24.4 Å². The van der Waals surface area contributed by atoms with Gasteiger partial charge in [-0.1, -0.05) is 82.7 Å². The van der Waals surface area contributed by atoms with E-state index < -0.39 is 9.84 Å². The first-order valence-electron chi connectivity index (χ1n) is 12.9. The minimum Gasteiger partial charge on any atom is -0.372 e. The fourth-order valence-corrected chi connectivity index (χ4v) is 6.31. The molecule has 36 heavy (non-hydrogen) atoms. The van der Waals surface area contributed by atoms with Crippen LogP contribution in [-0.2, 0) is 9.84 Å². The zero-order chi connectivity index (χ0) is 26.0. The van der Waals surface area contributed by atoms with Crippen LogP contribution in [-0.4, -0.2) is 21.5 Å². The molecule has 1 aliphatic rings. The largest absolute Gasteiger partial charge is 0.372 e. The maximum atomic E-state index is 13.3. The van der Waals surface area contributed by atoms with Crippen molar-refractivity contribution < 1.29 is 8.42 Å². The first-order chi connectivity index (χ1) is 17.5. The predicted molar refractivity (Wildman–Crippen MR) is 148 cm³/mol. The van der Waals surface area contributed by atoms with Crippen LogP contribution in [0.5, 0.6) is 0 Å². The van der Waals surface area contributed by atoms with Crippen molar-refractivity contribution in [3.8, 4) is 6.07 Å². The van der Waals surface area contributed by atoms with Gasteiger partial charge in [-0.3, -0.25) is 0 Å². The highest BCUT2D eigenvalue weighted by atomic mass is 32.2. The summed E-state index contributed by atoms with van der Waals surface area (Å²) < 4.78 is 26.7. The SMILES string of the molecule is [C-]#[N+]/C(C#N)=C1/C(=Cc2ccc(N(CCCCCC)CCCCCC)cc2)S(=O)(=O)c2ccccc21. The minimum atomic E-state index is -3.82. The predicted octanol–water partition coefficient (Wildman–Crippen LogP) is 7.64. The maximum absolute atomic E-state index is 13.3. The van der Waals surface area contributed by atoms with Gasteiger partial charge in [0.2, 0.25) is 9.84 Å². The minimum absolute atomic E-state index is 0.0139. The molecule has 0 saturated heterocycles. The number of unbranched alkanes of at least 4 members (excludes halogenated alkanes) is 6. The third-order valence-electron chi connectivity index (χ3n) is 6.56. The van der Waals surface area contributed by atoms with Crippen molar-refractivity contribution in [1.29, 1.82) is 5.26 Å². The Balaban J connectivity index is 1.92. The number of nitrogens with zero attached hydrogens (tertiary/aromatic N) is 3. The van der Waals surface area contributed by atoms with E-state index in [1.54, 1.807) is 24.3 Å². The second-order valence-electron chi connectivity index (χ2n) is 9.16. The van der Waals surface area contributed by atoms with Crippen molar-refractivity contribution in [2.24, 2.45) is 0 Å². The molecule has 2 aromatic rings. The van der Waals surface area contributed by atoms with E-state index in [1.807, 2.05) is 30.3 Å². The van der Waals surface area contributed by atoms with Crippen LogP contribution in [0.4, 0.5) is 5.69 Å². The van der Waals surface area contributed by atoms with E-state index in [0.29, 0.717) is 5.56 Å². The van der Waals surface area contributed by atoms with Crippen LogP contribution in [0, 0.1) is 17.9 Å². The van der Waals surface area contributed by atoms with Crippen molar-refractivity contribution in [1.82, 2.24) is 0 Å². The lowest BCUT2D eigenvalue weighted by molar-refractivity contribution is 0.604. The van der Waals surface area contributed by atoms with Crippen molar-refractivity contribution in [2.75, 3.05) is 18.0 Å². The fraction of sp³-hybridized carbons (Fsp3) is 0.400. The Morgan fingerprint density at radius 2 is 1.56 bits per heavy atom. The molecule has 0 aliphatic carbocycles. The van der Waals surface area contributed by atoms with Crippen molar-refractivity contribution >= 4 is 27.2 Å². The van der Waals surface area contributed by atoms with E-state index in [2.05, 4.69) is 23.6 Å². The van der Waals surface area contributed by atoms with Gasteiger partial charge in [-0.15, -0.1) is 0 Å². The van der Waals surface area contributed by atoms with Crippen molar-refractivity contribution in [3.63, 3.8) is 0 Å². The van der Waals surface area contributed by atoms with Crippen LogP contribution in [0.2, 0.25) is 0 Å². The molecular weight excluding hydrogens is 466 g/mol. The van der Waals surface area contributed by atoms with Gasteiger partial charge in [-0.2, -0.15) is 0 Å². The third-order valence-corrected chi connectivity index (χ3v) is 8.39. The molecule has 0 fully saturated rings.